The lowest BCUT2D eigenvalue weighted by Gasteiger charge is -2.39. The van der Waals surface area contributed by atoms with E-state index in [1.165, 1.54) is 10.5 Å². The third-order valence-corrected chi connectivity index (χ3v) is 6.99. The van der Waals surface area contributed by atoms with Gasteiger partial charge in [0.1, 0.15) is 5.82 Å². The largest absolute Gasteiger partial charge is 0.332 e. The first-order valence-corrected chi connectivity index (χ1v) is 8.87. The quantitative estimate of drug-likeness (QED) is 0.848. The molecule has 0 atom stereocenters. The van der Waals surface area contributed by atoms with Gasteiger partial charge in [0, 0.05) is 24.4 Å². The molecule has 0 aliphatic carbocycles. The van der Waals surface area contributed by atoms with Gasteiger partial charge >= 0.3 is 0 Å². The van der Waals surface area contributed by atoms with Gasteiger partial charge in [-0.05, 0) is 26.0 Å². The third-order valence-electron chi connectivity index (χ3n) is 3.74. The molecule has 1 aromatic heterocycles. The Morgan fingerprint density at radius 1 is 1.53 bits per heavy atom. The predicted molar refractivity (Wildman–Crippen MR) is 76.6 cm³/mol. The van der Waals surface area contributed by atoms with Crippen LogP contribution in [0.15, 0.2) is 11.2 Å². The molecule has 1 aromatic rings. The number of nitrogens with two attached hydrogens (primary N) is 1. The fourth-order valence-corrected chi connectivity index (χ4v) is 4.46. The van der Waals surface area contributed by atoms with Crippen molar-refractivity contribution in [3.63, 3.8) is 0 Å². The van der Waals surface area contributed by atoms with Gasteiger partial charge in [-0.3, -0.25) is 0 Å². The molecule has 19 heavy (non-hydrogen) atoms. The lowest BCUT2D eigenvalue weighted by atomic mass is 9.97. The number of hydrogen-bond acceptors (Lipinski definition) is 5. The van der Waals surface area contributed by atoms with Gasteiger partial charge in [0.05, 0.1) is 6.20 Å². The molecule has 0 radical (unpaired) electrons. The molecule has 0 spiro atoms. The summed E-state index contributed by atoms with van der Waals surface area (Å²) in [7, 11) is -3.44. The number of aromatic amines is 1. The van der Waals surface area contributed by atoms with Crippen LogP contribution in [0, 0.1) is 6.92 Å². The number of aryl methyl sites for hydroxylation is 1. The molecule has 108 valence electrons. The summed E-state index contributed by atoms with van der Waals surface area (Å²) in [6.45, 7) is 3.35. The minimum Gasteiger partial charge on any atom is -0.332 e. The normalized spacial score (nSPS) is 20.6. The second-order valence-corrected chi connectivity index (χ2v) is 8.01. The summed E-state index contributed by atoms with van der Waals surface area (Å²) in [6, 6.07) is 0. The maximum absolute atomic E-state index is 12.4. The number of thioether (sulfide) groups is 1. The van der Waals surface area contributed by atoms with Crippen molar-refractivity contribution >= 4 is 21.8 Å². The van der Waals surface area contributed by atoms with E-state index in [9.17, 15) is 8.42 Å². The molecule has 1 aliphatic rings. The minimum atomic E-state index is -3.44. The van der Waals surface area contributed by atoms with Crippen LogP contribution in [-0.2, 0) is 10.0 Å². The molecule has 2 rings (SSSR count). The van der Waals surface area contributed by atoms with Crippen molar-refractivity contribution in [2.45, 2.75) is 29.5 Å². The Morgan fingerprint density at radius 3 is 2.58 bits per heavy atom. The second kappa shape index (κ2) is 5.43. The standard InChI is InChI=1S/C11H20N4O2S2/c1-9-13-7-10(14-9)19(16,17)15-5-3-11(8-12,18-2)4-6-15/h7H,3-6,8,12H2,1-2H3,(H,13,14). The third kappa shape index (κ3) is 2.81. The molecule has 0 bridgehead atoms. The molecule has 8 heteroatoms. The van der Waals surface area contributed by atoms with E-state index in [0.717, 1.165) is 12.8 Å². The Bertz CT molecular complexity index is 527. The number of hydrogen-bond donors (Lipinski definition) is 2. The van der Waals surface area contributed by atoms with Gasteiger partial charge in [-0.15, -0.1) is 0 Å². The highest BCUT2D eigenvalue weighted by Crippen LogP contribution is 2.34. The fraction of sp³-hybridized carbons (Fsp3) is 0.727. The van der Waals surface area contributed by atoms with Crippen molar-refractivity contribution in [3.05, 3.63) is 12.0 Å². The van der Waals surface area contributed by atoms with Gasteiger partial charge in [0.2, 0.25) is 0 Å². The predicted octanol–water partition coefficient (Wildman–Crippen LogP) is 0.563. The van der Waals surface area contributed by atoms with Crippen LogP contribution < -0.4 is 5.73 Å². The first-order chi connectivity index (χ1) is 8.93. The van der Waals surface area contributed by atoms with Gasteiger partial charge in [-0.2, -0.15) is 16.1 Å². The molecule has 1 aliphatic heterocycles. The van der Waals surface area contributed by atoms with Crippen LogP contribution in [-0.4, -0.2) is 53.3 Å². The number of nitrogens with one attached hydrogen (secondary N) is 1. The Balaban J connectivity index is 2.13. The van der Waals surface area contributed by atoms with Crippen molar-refractivity contribution in [1.29, 1.82) is 0 Å². The summed E-state index contributed by atoms with van der Waals surface area (Å²) in [5.74, 6) is 0.607. The summed E-state index contributed by atoms with van der Waals surface area (Å²) in [5, 5.41) is 0.175. The number of H-pyrrole nitrogens is 1. The molecular weight excluding hydrogens is 284 g/mol. The molecule has 0 aromatic carbocycles. The summed E-state index contributed by atoms with van der Waals surface area (Å²) >= 11 is 1.74. The van der Waals surface area contributed by atoms with Crippen molar-refractivity contribution in [2.24, 2.45) is 5.73 Å². The maximum Gasteiger partial charge on any atom is 0.260 e. The van der Waals surface area contributed by atoms with Crippen LogP contribution >= 0.6 is 11.8 Å². The number of sulfonamides is 1. The number of imidazole rings is 1. The first-order valence-electron chi connectivity index (χ1n) is 6.20. The van der Waals surface area contributed by atoms with Crippen LogP contribution in [0.4, 0.5) is 0 Å². The summed E-state index contributed by atoms with van der Waals surface area (Å²) in [6.07, 6.45) is 4.99. The topological polar surface area (TPSA) is 92.1 Å². The SMILES string of the molecule is CSC1(CN)CCN(S(=O)(=O)c2cnc(C)[nH]2)CC1. The van der Waals surface area contributed by atoms with E-state index < -0.39 is 10.0 Å². The molecule has 0 amide bonds. The first kappa shape index (κ1) is 14.8. The van der Waals surface area contributed by atoms with E-state index >= 15 is 0 Å². The van der Waals surface area contributed by atoms with E-state index in [0.29, 0.717) is 25.5 Å². The summed E-state index contributed by atoms with van der Waals surface area (Å²) < 4.78 is 26.4. The highest BCUT2D eigenvalue weighted by atomic mass is 32.2. The average molecular weight is 304 g/mol. The lowest BCUT2D eigenvalue weighted by Crippen LogP contribution is -2.48. The van der Waals surface area contributed by atoms with Crippen molar-refractivity contribution < 1.29 is 8.42 Å². The second-order valence-electron chi connectivity index (χ2n) is 4.83. The molecule has 6 nitrogen and oxygen atoms in total. The number of nitrogens with zero attached hydrogens (tertiary/aromatic N) is 2. The zero-order valence-electron chi connectivity index (χ0n) is 11.2. The van der Waals surface area contributed by atoms with Gasteiger partial charge < -0.3 is 10.7 Å². The average Bonchev–Trinajstić information content (AvgIpc) is 2.86. The van der Waals surface area contributed by atoms with Crippen LogP contribution in [0.2, 0.25) is 0 Å². The van der Waals surface area contributed by atoms with Crippen LogP contribution in [0.5, 0.6) is 0 Å². The van der Waals surface area contributed by atoms with Gasteiger partial charge in [0.15, 0.2) is 5.03 Å². The van der Waals surface area contributed by atoms with Crippen LogP contribution in [0.1, 0.15) is 18.7 Å². The van der Waals surface area contributed by atoms with Crippen molar-refractivity contribution in [2.75, 3.05) is 25.9 Å². The summed E-state index contributed by atoms with van der Waals surface area (Å²) in [4.78, 5) is 6.74. The smallest absolute Gasteiger partial charge is 0.260 e. The van der Waals surface area contributed by atoms with E-state index in [-0.39, 0.29) is 9.77 Å². The lowest BCUT2D eigenvalue weighted by molar-refractivity contribution is 0.301. The molecule has 0 unspecified atom stereocenters. The van der Waals surface area contributed by atoms with E-state index in [2.05, 4.69) is 9.97 Å². The van der Waals surface area contributed by atoms with Crippen molar-refractivity contribution in [1.82, 2.24) is 14.3 Å². The van der Waals surface area contributed by atoms with Gasteiger partial charge in [0.25, 0.3) is 10.0 Å². The molecule has 1 saturated heterocycles. The highest BCUT2D eigenvalue weighted by Gasteiger charge is 2.37. The summed E-state index contributed by atoms with van der Waals surface area (Å²) in [5.41, 5.74) is 5.81. The number of piperidine rings is 1. The van der Waals surface area contributed by atoms with E-state index in [1.54, 1.807) is 18.7 Å². The van der Waals surface area contributed by atoms with Gasteiger partial charge in [-0.25, -0.2) is 13.4 Å². The molecular formula is C11H20N4O2S2. The van der Waals surface area contributed by atoms with Crippen LogP contribution in [0.25, 0.3) is 0 Å². The van der Waals surface area contributed by atoms with E-state index in [1.807, 2.05) is 6.26 Å². The minimum absolute atomic E-state index is 0.0237. The van der Waals surface area contributed by atoms with Crippen LogP contribution in [0.3, 0.4) is 0 Å². The zero-order chi connectivity index (χ0) is 14.1. The molecule has 1 fully saturated rings. The van der Waals surface area contributed by atoms with Gasteiger partial charge in [-0.1, -0.05) is 0 Å². The fourth-order valence-electron chi connectivity index (χ4n) is 2.29. The Kier molecular flexibility index (Phi) is 4.24. The number of rotatable bonds is 4. The zero-order valence-corrected chi connectivity index (χ0v) is 12.9. The highest BCUT2D eigenvalue weighted by molar-refractivity contribution is 8.00. The molecule has 0 saturated carbocycles. The molecule has 3 N–H and O–H groups in total. The maximum atomic E-state index is 12.4. The Morgan fingerprint density at radius 2 is 2.16 bits per heavy atom. The Labute approximate surface area is 118 Å². The number of aromatic nitrogens is 2. The Hall–Kier alpha value is -0.570. The monoisotopic (exact) mass is 304 g/mol. The molecule has 2 heterocycles. The van der Waals surface area contributed by atoms with E-state index in [4.69, 9.17) is 5.73 Å². The van der Waals surface area contributed by atoms with Crippen molar-refractivity contribution in [3.8, 4) is 0 Å².